The van der Waals surface area contributed by atoms with Crippen molar-refractivity contribution in [3.63, 3.8) is 0 Å². The lowest BCUT2D eigenvalue weighted by Crippen LogP contribution is -2.34. The van der Waals surface area contributed by atoms with Crippen molar-refractivity contribution >= 4 is 26.8 Å². The Morgan fingerprint density at radius 2 is 1.78 bits per heavy atom. The molecular weight excluding hydrogens is 312 g/mol. The number of benzene rings is 2. The van der Waals surface area contributed by atoms with Gasteiger partial charge in [0.1, 0.15) is 0 Å². The normalized spacial score (nSPS) is 13.1. The summed E-state index contributed by atoms with van der Waals surface area (Å²) in [7, 11) is -3.75. The number of rotatable bonds is 3. The first-order valence-electron chi connectivity index (χ1n) is 7.45. The fourth-order valence-electron chi connectivity index (χ4n) is 2.03. The highest BCUT2D eigenvalue weighted by Gasteiger charge is 2.20. The van der Waals surface area contributed by atoms with Crippen LogP contribution in [0.1, 0.15) is 27.7 Å². The van der Waals surface area contributed by atoms with E-state index in [4.69, 9.17) is 4.74 Å². The highest BCUT2D eigenvalue weighted by molar-refractivity contribution is 7.90. The number of sulfonamides is 1. The van der Waals surface area contributed by atoms with E-state index in [0.717, 1.165) is 10.8 Å². The number of nitrogens with zero attached hydrogens (tertiary/aromatic N) is 1. The standard InChI is InChI=1S/C17H22N2O3S/c1-5-22-16(18-17(2,3)4)19-23(20,21)15-11-10-13-8-6-7-9-14(13)12-15/h6-12H,5H2,1-4H3,(H,18,19). The first-order valence-corrected chi connectivity index (χ1v) is 8.94. The number of ether oxygens (including phenoxy) is 1. The Labute approximate surface area is 137 Å². The average molecular weight is 334 g/mol. The van der Waals surface area contributed by atoms with E-state index in [1.165, 1.54) is 0 Å². The Morgan fingerprint density at radius 1 is 1.13 bits per heavy atom. The number of hydrogen-bond acceptors (Lipinski definition) is 4. The molecule has 2 aromatic rings. The van der Waals surface area contributed by atoms with E-state index < -0.39 is 15.6 Å². The van der Waals surface area contributed by atoms with Gasteiger partial charge in [0, 0.05) is 0 Å². The fourth-order valence-corrected chi connectivity index (χ4v) is 3.02. The number of amidine groups is 1. The molecule has 0 amide bonds. The molecule has 2 rings (SSSR count). The van der Waals surface area contributed by atoms with E-state index in [1.807, 2.05) is 45.0 Å². The third kappa shape index (κ3) is 4.69. The molecule has 0 saturated carbocycles. The van der Waals surface area contributed by atoms with Crippen LogP contribution in [-0.2, 0) is 14.8 Å². The van der Waals surface area contributed by atoms with Gasteiger partial charge in [-0.15, -0.1) is 0 Å². The SMILES string of the molecule is CCOC(=NC(C)(C)C)NS(=O)(=O)c1ccc2ccccc2c1. The van der Waals surface area contributed by atoms with E-state index >= 15 is 0 Å². The molecule has 5 nitrogen and oxygen atoms in total. The number of fused-ring (bicyclic) bond motifs is 1. The maximum Gasteiger partial charge on any atom is 0.299 e. The molecule has 0 spiro atoms. The molecule has 0 bridgehead atoms. The first-order chi connectivity index (χ1) is 10.7. The van der Waals surface area contributed by atoms with Gasteiger partial charge in [0.2, 0.25) is 0 Å². The number of nitrogens with one attached hydrogen (secondary N) is 1. The van der Waals surface area contributed by atoms with E-state index in [2.05, 4.69) is 9.71 Å². The lowest BCUT2D eigenvalue weighted by molar-refractivity contribution is 0.310. The Bertz CT molecular complexity index is 821. The molecule has 0 atom stereocenters. The Hall–Kier alpha value is -2.08. The summed E-state index contributed by atoms with van der Waals surface area (Å²) in [5.41, 5.74) is -0.448. The van der Waals surface area contributed by atoms with Gasteiger partial charge in [0.05, 0.1) is 17.0 Å². The molecule has 0 aliphatic heterocycles. The molecule has 0 aliphatic rings. The molecule has 1 N–H and O–H groups in total. The molecule has 2 aromatic carbocycles. The van der Waals surface area contributed by atoms with Crippen molar-refractivity contribution in [3.8, 4) is 0 Å². The molecular formula is C17H22N2O3S. The van der Waals surface area contributed by atoms with Crippen molar-refractivity contribution in [1.82, 2.24) is 4.72 Å². The molecule has 23 heavy (non-hydrogen) atoms. The number of hydrogen-bond donors (Lipinski definition) is 1. The lowest BCUT2D eigenvalue weighted by atomic mass is 10.1. The summed E-state index contributed by atoms with van der Waals surface area (Å²) in [4.78, 5) is 4.45. The second-order valence-corrected chi connectivity index (χ2v) is 7.82. The Morgan fingerprint density at radius 3 is 2.39 bits per heavy atom. The first kappa shape index (κ1) is 17.3. The molecule has 0 unspecified atom stereocenters. The minimum atomic E-state index is -3.75. The summed E-state index contributed by atoms with van der Waals surface area (Å²) in [5.74, 6) is 0. The van der Waals surface area contributed by atoms with Crippen LogP contribution in [0.3, 0.4) is 0 Å². The van der Waals surface area contributed by atoms with Gasteiger partial charge in [-0.05, 0) is 50.6 Å². The van der Waals surface area contributed by atoms with Crippen molar-refractivity contribution in [3.05, 3.63) is 42.5 Å². The van der Waals surface area contributed by atoms with E-state index in [-0.39, 0.29) is 10.9 Å². The molecule has 0 heterocycles. The second-order valence-electron chi connectivity index (χ2n) is 6.14. The maximum atomic E-state index is 12.6. The van der Waals surface area contributed by atoms with Crippen LogP contribution in [0.2, 0.25) is 0 Å². The molecule has 0 radical (unpaired) electrons. The maximum absolute atomic E-state index is 12.6. The smallest absolute Gasteiger partial charge is 0.299 e. The zero-order chi connectivity index (χ0) is 17.1. The summed E-state index contributed by atoms with van der Waals surface area (Å²) < 4.78 is 32.9. The predicted molar refractivity (Wildman–Crippen MR) is 93.1 cm³/mol. The van der Waals surface area contributed by atoms with Gasteiger partial charge in [-0.2, -0.15) is 0 Å². The fraction of sp³-hybridized carbons (Fsp3) is 0.353. The van der Waals surface area contributed by atoms with Crippen LogP contribution in [0.5, 0.6) is 0 Å². The van der Waals surface area contributed by atoms with Crippen LogP contribution in [0, 0.1) is 0 Å². The minimum absolute atomic E-state index is 0.00755. The number of aliphatic imine (C=N–C) groups is 1. The summed E-state index contributed by atoms with van der Waals surface area (Å²) in [6.45, 7) is 7.72. The zero-order valence-electron chi connectivity index (χ0n) is 13.8. The molecule has 124 valence electrons. The summed E-state index contributed by atoms with van der Waals surface area (Å²) >= 11 is 0. The van der Waals surface area contributed by atoms with Crippen LogP contribution >= 0.6 is 0 Å². The molecule has 0 fully saturated rings. The molecule has 0 aromatic heterocycles. The molecule has 0 saturated heterocycles. The minimum Gasteiger partial charge on any atom is -0.465 e. The van der Waals surface area contributed by atoms with Crippen LogP contribution in [0.15, 0.2) is 52.4 Å². The third-order valence-electron chi connectivity index (χ3n) is 2.97. The largest absolute Gasteiger partial charge is 0.465 e. The van der Waals surface area contributed by atoms with Crippen molar-refractivity contribution in [2.45, 2.75) is 38.1 Å². The van der Waals surface area contributed by atoms with Gasteiger partial charge >= 0.3 is 0 Å². The van der Waals surface area contributed by atoms with Gasteiger partial charge in [0.25, 0.3) is 16.0 Å². The van der Waals surface area contributed by atoms with E-state index in [9.17, 15) is 8.42 Å². The third-order valence-corrected chi connectivity index (χ3v) is 4.29. The quantitative estimate of drug-likeness (QED) is 0.691. The topological polar surface area (TPSA) is 67.8 Å². The van der Waals surface area contributed by atoms with Crippen molar-refractivity contribution in [1.29, 1.82) is 0 Å². The van der Waals surface area contributed by atoms with E-state index in [0.29, 0.717) is 6.61 Å². The Kier molecular flexibility index (Phi) is 4.94. The lowest BCUT2D eigenvalue weighted by Gasteiger charge is -2.17. The van der Waals surface area contributed by atoms with Crippen molar-refractivity contribution < 1.29 is 13.2 Å². The summed E-state index contributed by atoms with van der Waals surface area (Å²) in [5, 5.41) is 1.85. The zero-order valence-corrected chi connectivity index (χ0v) is 14.6. The van der Waals surface area contributed by atoms with Crippen molar-refractivity contribution in [2.24, 2.45) is 4.99 Å². The molecule has 6 heteroatoms. The van der Waals surface area contributed by atoms with Gasteiger partial charge in [-0.1, -0.05) is 30.3 Å². The summed E-state index contributed by atoms with van der Waals surface area (Å²) in [6.07, 6.45) is 0. The van der Waals surface area contributed by atoms with Crippen LogP contribution < -0.4 is 4.72 Å². The van der Waals surface area contributed by atoms with Gasteiger partial charge in [-0.25, -0.2) is 18.1 Å². The predicted octanol–water partition coefficient (Wildman–Crippen LogP) is 3.31. The van der Waals surface area contributed by atoms with Gasteiger partial charge in [0.15, 0.2) is 0 Å². The molecule has 0 aliphatic carbocycles. The summed E-state index contributed by atoms with van der Waals surface area (Å²) in [6, 6.07) is 12.6. The van der Waals surface area contributed by atoms with Crippen LogP contribution in [0.4, 0.5) is 0 Å². The van der Waals surface area contributed by atoms with Crippen molar-refractivity contribution in [2.75, 3.05) is 6.61 Å². The van der Waals surface area contributed by atoms with E-state index in [1.54, 1.807) is 25.1 Å². The van der Waals surface area contributed by atoms with Crippen LogP contribution in [-0.4, -0.2) is 26.6 Å². The highest BCUT2D eigenvalue weighted by Crippen LogP contribution is 2.19. The van der Waals surface area contributed by atoms with Gasteiger partial charge < -0.3 is 4.74 Å². The average Bonchev–Trinajstić information content (AvgIpc) is 2.45. The van der Waals surface area contributed by atoms with Gasteiger partial charge in [-0.3, -0.25) is 0 Å². The highest BCUT2D eigenvalue weighted by atomic mass is 32.2. The monoisotopic (exact) mass is 334 g/mol. The second kappa shape index (κ2) is 6.58. The Balaban J connectivity index is 2.37. The van der Waals surface area contributed by atoms with Crippen LogP contribution in [0.25, 0.3) is 10.8 Å².